The minimum atomic E-state index is -0.612. The van der Waals surface area contributed by atoms with Crippen molar-refractivity contribution in [2.75, 3.05) is 13.2 Å². The summed E-state index contributed by atoms with van der Waals surface area (Å²) in [6.07, 6.45) is 4.03. The van der Waals surface area contributed by atoms with Crippen LogP contribution in [0.2, 0.25) is 5.02 Å². The van der Waals surface area contributed by atoms with Crippen LogP contribution in [-0.2, 0) is 4.74 Å². The fourth-order valence-corrected chi connectivity index (χ4v) is 3.70. The number of amides is 1. The molecule has 0 saturated heterocycles. The van der Waals surface area contributed by atoms with E-state index in [1.165, 1.54) is 23.4 Å². The van der Waals surface area contributed by atoms with Crippen LogP contribution >= 0.6 is 11.6 Å². The summed E-state index contributed by atoms with van der Waals surface area (Å²) >= 11 is 5.95. The minimum absolute atomic E-state index is 0.0160. The molecule has 0 fully saturated rings. The van der Waals surface area contributed by atoms with Crippen molar-refractivity contribution >= 4 is 23.8 Å². The van der Waals surface area contributed by atoms with Gasteiger partial charge in [0.05, 0.1) is 5.02 Å². The zero-order valence-corrected chi connectivity index (χ0v) is 16.2. The standard InChI is InChI=1S/C23H18ClFN2O2/c24-21-13-27-22(25)12-15(21)6-5-11-26-23(28)29-14-20-18-9-3-1-7-16(18)17-8-2-4-10-19(17)20/h1-10,12-13,20H,11,14H2,(H,26,28). The highest BCUT2D eigenvalue weighted by Crippen LogP contribution is 2.44. The molecule has 0 unspecified atom stereocenters. The number of ether oxygens (including phenoxy) is 1. The molecule has 1 aromatic heterocycles. The van der Waals surface area contributed by atoms with Gasteiger partial charge in [-0.25, -0.2) is 9.78 Å². The van der Waals surface area contributed by atoms with E-state index in [0.29, 0.717) is 10.6 Å². The second-order valence-electron chi connectivity index (χ2n) is 6.64. The smallest absolute Gasteiger partial charge is 0.407 e. The summed E-state index contributed by atoms with van der Waals surface area (Å²) in [5, 5.41) is 3.00. The van der Waals surface area contributed by atoms with E-state index in [1.54, 1.807) is 12.2 Å². The fraction of sp³-hybridized carbons (Fsp3) is 0.130. The summed E-state index contributed by atoms with van der Waals surface area (Å²) < 4.78 is 18.6. The lowest BCUT2D eigenvalue weighted by atomic mass is 9.98. The first-order valence-corrected chi connectivity index (χ1v) is 9.57. The molecule has 2 aromatic carbocycles. The minimum Gasteiger partial charge on any atom is -0.449 e. The Balaban J connectivity index is 1.34. The topological polar surface area (TPSA) is 51.2 Å². The van der Waals surface area contributed by atoms with E-state index in [-0.39, 0.29) is 19.1 Å². The van der Waals surface area contributed by atoms with E-state index in [1.807, 2.05) is 24.3 Å². The number of fused-ring (bicyclic) bond motifs is 3. The van der Waals surface area contributed by atoms with E-state index in [2.05, 4.69) is 34.6 Å². The first-order chi connectivity index (χ1) is 14.1. The van der Waals surface area contributed by atoms with Crippen LogP contribution in [0.3, 0.4) is 0 Å². The van der Waals surface area contributed by atoms with Gasteiger partial charge in [0.2, 0.25) is 5.95 Å². The Hall–Kier alpha value is -3.18. The lowest BCUT2D eigenvalue weighted by Crippen LogP contribution is -2.26. The van der Waals surface area contributed by atoms with Crippen LogP contribution in [0.5, 0.6) is 0 Å². The van der Waals surface area contributed by atoms with Crippen LogP contribution in [0.25, 0.3) is 17.2 Å². The van der Waals surface area contributed by atoms with Crippen LogP contribution < -0.4 is 5.32 Å². The lowest BCUT2D eigenvalue weighted by molar-refractivity contribution is 0.144. The van der Waals surface area contributed by atoms with Crippen molar-refractivity contribution in [1.29, 1.82) is 0 Å². The quantitative estimate of drug-likeness (QED) is 0.573. The third kappa shape index (κ3) is 4.15. The Morgan fingerprint density at radius 3 is 2.48 bits per heavy atom. The molecule has 29 heavy (non-hydrogen) atoms. The van der Waals surface area contributed by atoms with Gasteiger partial charge >= 0.3 is 6.09 Å². The second-order valence-corrected chi connectivity index (χ2v) is 7.04. The molecule has 1 aliphatic rings. The molecule has 0 spiro atoms. The molecule has 1 heterocycles. The fourth-order valence-electron chi connectivity index (χ4n) is 3.53. The number of nitrogens with zero attached hydrogens (tertiary/aromatic N) is 1. The van der Waals surface area contributed by atoms with Gasteiger partial charge in [-0.2, -0.15) is 4.39 Å². The Morgan fingerprint density at radius 2 is 1.79 bits per heavy atom. The number of pyridine rings is 1. The summed E-state index contributed by atoms with van der Waals surface area (Å²) in [4.78, 5) is 15.6. The lowest BCUT2D eigenvalue weighted by Gasteiger charge is -2.14. The molecule has 1 amide bonds. The summed E-state index contributed by atoms with van der Waals surface area (Å²) in [6, 6.07) is 17.6. The molecule has 146 valence electrons. The average molecular weight is 409 g/mol. The highest BCUT2D eigenvalue weighted by molar-refractivity contribution is 6.31. The molecular weight excluding hydrogens is 391 g/mol. The van der Waals surface area contributed by atoms with E-state index in [4.69, 9.17) is 16.3 Å². The Labute approximate surface area is 173 Å². The molecule has 1 aliphatic carbocycles. The van der Waals surface area contributed by atoms with Crippen molar-refractivity contribution in [3.05, 3.63) is 94.5 Å². The molecule has 0 saturated carbocycles. The third-order valence-corrected chi connectivity index (χ3v) is 5.17. The van der Waals surface area contributed by atoms with E-state index in [0.717, 1.165) is 11.1 Å². The maximum absolute atomic E-state index is 13.2. The third-order valence-electron chi connectivity index (χ3n) is 4.86. The molecule has 0 aliphatic heterocycles. The molecule has 4 rings (SSSR count). The van der Waals surface area contributed by atoms with Crippen molar-refractivity contribution in [2.45, 2.75) is 5.92 Å². The monoisotopic (exact) mass is 408 g/mol. The summed E-state index contributed by atoms with van der Waals surface area (Å²) in [7, 11) is 0. The number of rotatable bonds is 5. The molecular formula is C23H18ClFN2O2. The van der Waals surface area contributed by atoms with Crippen LogP contribution in [0.15, 0.2) is 66.9 Å². The number of aromatic nitrogens is 1. The van der Waals surface area contributed by atoms with Crippen LogP contribution in [0.4, 0.5) is 9.18 Å². The van der Waals surface area contributed by atoms with Crippen molar-refractivity contribution in [3.63, 3.8) is 0 Å². The van der Waals surface area contributed by atoms with Crippen molar-refractivity contribution in [1.82, 2.24) is 10.3 Å². The Kier molecular flexibility index (Phi) is 5.58. The van der Waals surface area contributed by atoms with E-state index in [9.17, 15) is 9.18 Å². The summed E-state index contributed by atoms with van der Waals surface area (Å²) in [5.41, 5.74) is 5.18. The van der Waals surface area contributed by atoms with Gasteiger partial charge in [0.25, 0.3) is 0 Å². The zero-order chi connectivity index (χ0) is 20.2. The summed E-state index contributed by atoms with van der Waals surface area (Å²) in [6.45, 7) is 0.488. The molecule has 1 N–H and O–H groups in total. The van der Waals surface area contributed by atoms with Crippen LogP contribution in [0.1, 0.15) is 22.6 Å². The first kappa shape index (κ1) is 19.2. The van der Waals surface area contributed by atoms with Crippen LogP contribution in [0, 0.1) is 5.95 Å². The predicted octanol–water partition coefficient (Wildman–Crippen LogP) is 5.43. The molecule has 0 atom stereocenters. The molecule has 0 bridgehead atoms. The number of carbonyl (C=O) groups is 1. The number of alkyl carbamates (subject to hydrolysis) is 1. The van der Waals surface area contributed by atoms with Gasteiger partial charge in [0.1, 0.15) is 6.61 Å². The molecule has 3 aromatic rings. The largest absolute Gasteiger partial charge is 0.449 e. The van der Waals surface area contributed by atoms with Gasteiger partial charge in [0.15, 0.2) is 0 Å². The first-order valence-electron chi connectivity index (χ1n) is 9.20. The summed E-state index contributed by atoms with van der Waals surface area (Å²) in [5.74, 6) is -0.596. The normalized spacial score (nSPS) is 12.6. The second kappa shape index (κ2) is 8.45. The van der Waals surface area contributed by atoms with Crippen LogP contribution in [-0.4, -0.2) is 24.2 Å². The SMILES string of the molecule is O=C(NCC=Cc1cc(F)ncc1Cl)OCC1c2ccccc2-c2ccccc21. The predicted molar refractivity (Wildman–Crippen MR) is 111 cm³/mol. The van der Waals surface area contributed by atoms with E-state index < -0.39 is 12.0 Å². The van der Waals surface area contributed by atoms with Crippen molar-refractivity contribution in [2.24, 2.45) is 0 Å². The van der Waals surface area contributed by atoms with Gasteiger partial charge in [-0.05, 0) is 27.8 Å². The van der Waals surface area contributed by atoms with Gasteiger partial charge in [-0.3, -0.25) is 0 Å². The van der Waals surface area contributed by atoms with Gasteiger partial charge in [-0.1, -0.05) is 72.3 Å². The van der Waals surface area contributed by atoms with Crippen molar-refractivity contribution < 1.29 is 13.9 Å². The maximum atomic E-state index is 13.2. The number of benzene rings is 2. The van der Waals surface area contributed by atoms with Gasteiger partial charge in [-0.15, -0.1) is 0 Å². The zero-order valence-electron chi connectivity index (χ0n) is 15.4. The highest BCUT2D eigenvalue weighted by atomic mass is 35.5. The van der Waals surface area contributed by atoms with Crippen molar-refractivity contribution in [3.8, 4) is 11.1 Å². The molecule has 6 heteroatoms. The molecule has 4 nitrogen and oxygen atoms in total. The van der Waals surface area contributed by atoms with Gasteiger partial charge in [0, 0.05) is 24.7 Å². The number of carbonyl (C=O) groups excluding carboxylic acids is 1. The average Bonchev–Trinajstić information content (AvgIpc) is 3.06. The van der Waals surface area contributed by atoms with E-state index >= 15 is 0 Å². The number of halogens is 2. The Morgan fingerprint density at radius 1 is 1.14 bits per heavy atom. The number of nitrogens with one attached hydrogen (secondary N) is 1. The van der Waals surface area contributed by atoms with Gasteiger partial charge < -0.3 is 10.1 Å². The number of hydrogen-bond acceptors (Lipinski definition) is 3. The Bertz CT molecular complexity index is 1040. The maximum Gasteiger partial charge on any atom is 0.407 e. The molecule has 0 radical (unpaired) electrons. The highest BCUT2D eigenvalue weighted by Gasteiger charge is 2.28. The number of hydrogen-bond donors (Lipinski definition) is 1.